The second-order valence-corrected chi connectivity index (χ2v) is 5.39. The number of rotatable bonds is 5. The normalized spacial score (nSPS) is 16.4. The number of carboxylic acid groups (broad SMARTS) is 1. The van der Waals surface area contributed by atoms with Crippen molar-refractivity contribution in [1.29, 1.82) is 0 Å². The molecule has 0 aliphatic carbocycles. The van der Waals surface area contributed by atoms with Crippen molar-refractivity contribution in [1.82, 2.24) is 0 Å². The van der Waals surface area contributed by atoms with Crippen molar-refractivity contribution in [3.8, 4) is 0 Å². The van der Waals surface area contributed by atoms with Crippen molar-refractivity contribution < 1.29 is 9.90 Å². The minimum absolute atomic E-state index is 0.312. The van der Waals surface area contributed by atoms with Gasteiger partial charge >= 0.3 is 5.97 Å². The van der Waals surface area contributed by atoms with Gasteiger partial charge in [-0.3, -0.25) is 4.79 Å². The highest BCUT2D eigenvalue weighted by molar-refractivity contribution is 5.72. The van der Waals surface area contributed by atoms with Crippen LogP contribution in [0.15, 0.2) is 0 Å². The third-order valence-corrected chi connectivity index (χ3v) is 2.25. The van der Waals surface area contributed by atoms with E-state index in [1.54, 1.807) is 0 Å². The Morgan fingerprint density at radius 1 is 1.36 bits per heavy atom. The molecular weight excluding hydrogens is 178 g/mol. The number of aliphatic carboxylic acids is 1. The minimum atomic E-state index is -0.895. The van der Waals surface area contributed by atoms with Crippen molar-refractivity contribution in [3.63, 3.8) is 0 Å². The maximum atomic E-state index is 10.5. The van der Waals surface area contributed by atoms with E-state index in [9.17, 15) is 4.79 Å². The van der Waals surface area contributed by atoms with Gasteiger partial charge in [0.2, 0.25) is 0 Å². The Morgan fingerprint density at radius 3 is 2.21 bits per heavy atom. The van der Waals surface area contributed by atoms with Gasteiger partial charge in [-0.1, -0.05) is 27.7 Å². The van der Waals surface area contributed by atoms with Crippen LogP contribution in [-0.4, -0.2) is 17.1 Å². The summed E-state index contributed by atoms with van der Waals surface area (Å²) in [6, 6.07) is -0.697. The third-order valence-electron chi connectivity index (χ3n) is 2.25. The van der Waals surface area contributed by atoms with E-state index >= 15 is 0 Å². The summed E-state index contributed by atoms with van der Waals surface area (Å²) < 4.78 is 0. The fourth-order valence-electron chi connectivity index (χ4n) is 1.73. The van der Waals surface area contributed by atoms with Crippen LogP contribution in [0.4, 0.5) is 0 Å². The third kappa shape index (κ3) is 6.89. The highest BCUT2D eigenvalue weighted by atomic mass is 16.4. The van der Waals surface area contributed by atoms with Gasteiger partial charge in [-0.05, 0) is 30.6 Å². The van der Waals surface area contributed by atoms with Gasteiger partial charge in [-0.2, -0.15) is 0 Å². The predicted molar refractivity (Wildman–Crippen MR) is 58.1 cm³/mol. The van der Waals surface area contributed by atoms with Crippen molar-refractivity contribution in [3.05, 3.63) is 0 Å². The topological polar surface area (TPSA) is 63.3 Å². The van der Waals surface area contributed by atoms with Crippen LogP contribution < -0.4 is 5.73 Å². The number of hydrogen-bond acceptors (Lipinski definition) is 2. The molecule has 14 heavy (non-hydrogen) atoms. The van der Waals surface area contributed by atoms with Crippen LogP contribution in [0, 0.1) is 11.3 Å². The summed E-state index contributed by atoms with van der Waals surface area (Å²) in [5.74, 6) is -0.353. The Hall–Kier alpha value is -0.570. The monoisotopic (exact) mass is 201 g/mol. The quantitative estimate of drug-likeness (QED) is 0.717. The zero-order valence-corrected chi connectivity index (χ0v) is 9.71. The van der Waals surface area contributed by atoms with E-state index in [0.717, 1.165) is 12.8 Å². The first-order chi connectivity index (χ1) is 6.22. The molecule has 0 bridgehead atoms. The SMILES string of the molecule is C[C@H](CC[C@@H](N)C(=O)O)CC(C)(C)C. The molecule has 0 saturated carbocycles. The van der Waals surface area contributed by atoms with E-state index in [2.05, 4.69) is 27.7 Å². The molecule has 0 heterocycles. The number of carbonyl (C=O) groups is 1. The van der Waals surface area contributed by atoms with Crippen LogP contribution >= 0.6 is 0 Å². The van der Waals surface area contributed by atoms with Crippen LogP contribution in [0.5, 0.6) is 0 Å². The van der Waals surface area contributed by atoms with Crippen LogP contribution in [0.3, 0.4) is 0 Å². The first kappa shape index (κ1) is 13.4. The van der Waals surface area contributed by atoms with E-state index in [0.29, 0.717) is 17.8 Å². The molecule has 3 N–H and O–H groups in total. The lowest BCUT2D eigenvalue weighted by atomic mass is 9.83. The molecule has 2 atom stereocenters. The largest absolute Gasteiger partial charge is 0.480 e. The molecule has 0 rings (SSSR count). The molecule has 0 saturated heterocycles. The minimum Gasteiger partial charge on any atom is -0.480 e. The summed E-state index contributed by atoms with van der Waals surface area (Å²) in [4.78, 5) is 10.5. The molecule has 0 aromatic heterocycles. The summed E-state index contributed by atoms with van der Waals surface area (Å²) in [7, 11) is 0. The average molecular weight is 201 g/mol. The molecule has 0 aliphatic rings. The van der Waals surface area contributed by atoms with Gasteiger partial charge in [0.25, 0.3) is 0 Å². The molecule has 0 unspecified atom stereocenters. The lowest BCUT2D eigenvalue weighted by Crippen LogP contribution is -2.30. The molecule has 0 amide bonds. The number of hydrogen-bond donors (Lipinski definition) is 2. The molecule has 3 heteroatoms. The summed E-state index contributed by atoms with van der Waals surface area (Å²) in [6.45, 7) is 8.74. The standard InChI is InChI=1S/C11H23NO2/c1-8(7-11(2,3)4)5-6-9(12)10(13)14/h8-9H,5-7,12H2,1-4H3,(H,13,14)/t8-,9-/m1/s1. The lowest BCUT2D eigenvalue weighted by Gasteiger charge is -2.23. The summed E-state index contributed by atoms with van der Waals surface area (Å²) >= 11 is 0. The fourth-order valence-corrected chi connectivity index (χ4v) is 1.73. The van der Waals surface area contributed by atoms with Crippen LogP contribution in [0.2, 0.25) is 0 Å². The maximum absolute atomic E-state index is 10.5. The van der Waals surface area contributed by atoms with Crippen molar-refractivity contribution in [2.75, 3.05) is 0 Å². The first-order valence-corrected chi connectivity index (χ1v) is 5.21. The first-order valence-electron chi connectivity index (χ1n) is 5.21. The zero-order valence-electron chi connectivity index (χ0n) is 9.71. The summed E-state index contributed by atoms with van der Waals surface area (Å²) in [6.07, 6.45) is 2.58. The van der Waals surface area contributed by atoms with Gasteiger partial charge in [-0.15, -0.1) is 0 Å². The van der Waals surface area contributed by atoms with Crippen molar-refractivity contribution in [2.45, 2.75) is 53.0 Å². The van der Waals surface area contributed by atoms with Crippen LogP contribution in [-0.2, 0) is 4.79 Å². The van der Waals surface area contributed by atoms with E-state index in [1.807, 2.05) is 0 Å². The Bertz CT molecular complexity index is 184. The lowest BCUT2D eigenvalue weighted by molar-refractivity contribution is -0.138. The Balaban J connectivity index is 3.74. The second kappa shape index (κ2) is 5.35. The van der Waals surface area contributed by atoms with E-state index in [-0.39, 0.29) is 0 Å². The summed E-state index contributed by atoms with van der Waals surface area (Å²) in [5, 5.41) is 8.60. The highest BCUT2D eigenvalue weighted by Gasteiger charge is 2.17. The van der Waals surface area contributed by atoms with Gasteiger partial charge < -0.3 is 10.8 Å². The number of nitrogens with two attached hydrogens (primary N) is 1. The predicted octanol–water partition coefficient (Wildman–Crippen LogP) is 2.25. The average Bonchev–Trinajstić information content (AvgIpc) is 1.96. The summed E-state index contributed by atoms with van der Waals surface area (Å²) in [5.41, 5.74) is 5.74. The van der Waals surface area contributed by atoms with E-state index in [1.165, 1.54) is 0 Å². The highest BCUT2D eigenvalue weighted by Crippen LogP contribution is 2.26. The molecule has 3 nitrogen and oxygen atoms in total. The van der Waals surface area contributed by atoms with Gasteiger partial charge in [0.1, 0.15) is 6.04 Å². The number of carboxylic acids is 1. The molecule has 0 aliphatic heterocycles. The second-order valence-electron chi connectivity index (χ2n) is 5.39. The molecule has 84 valence electrons. The Labute approximate surface area is 86.7 Å². The Morgan fingerprint density at radius 2 is 1.86 bits per heavy atom. The molecule has 0 spiro atoms. The molecule has 0 aromatic carbocycles. The molecule has 0 aromatic rings. The van der Waals surface area contributed by atoms with Crippen LogP contribution in [0.1, 0.15) is 47.0 Å². The van der Waals surface area contributed by atoms with Gasteiger partial charge in [-0.25, -0.2) is 0 Å². The van der Waals surface area contributed by atoms with Crippen molar-refractivity contribution in [2.24, 2.45) is 17.1 Å². The maximum Gasteiger partial charge on any atom is 0.320 e. The van der Waals surface area contributed by atoms with Gasteiger partial charge in [0.15, 0.2) is 0 Å². The van der Waals surface area contributed by atoms with Crippen LogP contribution in [0.25, 0.3) is 0 Å². The smallest absolute Gasteiger partial charge is 0.320 e. The van der Waals surface area contributed by atoms with Crippen molar-refractivity contribution >= 4 is 5.97 Å². The molecule has 0 radical (unpaired) electrons. The molecule has 0 fully saturated rings. The zero-order chi connectivity index (χ0) is 11.4. The molecular formula is C11H23NO2. The Kier molecular flexibility index (Phi) is 5.13. The fraction of sp³-hybridized carbons (Fsp3) is 0.909. The van der Waals surface area contributed by atoms with Gasteiger partial charge in [0.05, 0.1) is 0 Å². The van der Waals surface area contributed by atoms with E-state index in [4.69, 9.17) is 10.8 Å². The van der Waals surface area contributed by atoms with Gasteiger partial charge in [0, 0.05) is 0 Å². The van der Waals surface area contributed by atoms with E-state index < -0.39 is 12.0 Å².